The number of hydrogen-bond acceptors (Lipinski definition) is 5. The summed E-state index contributed by atoms with van der Waals surface area (Å²) < 4.78 is 12.5. The summed E-state index contributed by atoms with van der Waals surface area (Å²) in [5.41, 5.74) is 2.46. The highest BCUT2D eigenvalue weighted by Gasteiger charge is 2.15. The molecule has 0 saturated carbocycles. The van der Waals surface area contributed by atoms with Crippen molar-refractivity contribution in [3.05, 3.63) is 41.4 Å². The fraction of sp³-hybridized carbons (Fsp3) is 0.176. The number of fused-ring (bicyclic) bond motifs is 2. The van der Waals surface area contributed by atoms with Crippen molar-refractivity contribution in [2.24, 2.45) is 7.05 Å². The molecule has 8 heteroatoms. The van der Waals surface area contributed by atoms with Crippen molar-refractivity contribution < 1.29 is 14.3 Å². The number of amides is 1. The van der Waals surface area contributed by atoms with Crippen molar-refractivity contribution in [3.63, 3.8) is 0 Å². The third kappa shape index (κ3) is 3.25. The zero-order chi connectivity index (χ0) is 17.4. The van der Waals surface area contributed by atoms with Crippen LogP contribution in [-0.4, -0.2) is 28.0 Å². The van der Waals surface area contributed by atoms with E-state index < -0.39 is 0 Å². The Balaban J connectivity index is 1.43. The van der Waals surface area contributed by atoms with E-state index in [0.717, 1.165) is 16.2 Å². The van der Waals surface area contributed by atoms with Crippen LogP contribution in [0.3, 0.4) is 0 Å². The summed E-state index contributed by atoms with van der Waals surface area (Å²) in [6, 6.07) is 10.9. The van der Waals surface area contributed by atoms with Gasteiger partial charge >= 0.3 is 0 Å². The van der Waals surface area contributed by atoms with Crippen molar-refractivity contribution in [3.8, 4) is 11.5 Å². The van der Waals surface area contributed by atoms with Gasteiger partial charge in [-0.3, -0.25) is 4.79 Å². The number of nitrogens with zero attached hydrogens (tertiary/aromatic N) is 2. The van der Waals surface area contributed by atoms with E-state index in [1.807, 2.05) is 29.8 Å². The smallest absolute Gasteiger partial charge is 0.234 e. The number of anilines is 1. The number of thioether (sulfide) groups is 1. The van der Waals surface area contributed by atoms with Gasteiger partial charge in [0.1, 0.15) is 0 Å². The molecule has 1 amide bonds. The molecule has 128 valence electrons. The molecule has 0 radical (unpaired) electrons. The fourth-order valence-corrected chi connectivity index (χ4v) is 3.54. The van der Waals surface area contributed by atoms with Gasteiger partial charge in [-0.2, -0.15) is 0 Å². The summed E-state index contributed by atoms with van der Waals surface area (Å²) in [5.74, 6) is 1.46. The monoisotopic (exact) mass is 375 g/mol. The summed E-state index contributed by atoms with van der Waals surface area (Å²) in [7, 11) is 1.92. The highest BCUT2D eigenvalue weighted by molar-refractivity contribution is 7.99. The number of aromatic nitrogens is 2. The number of carbonyl (C=O) groups is 1. The van der Waals surface area contributed by atoms with Gasteiger partial charge in [-0.1, -0.05) is 23.4 Å². The molecule has 6 nitrogen and oxygen atoms in total. The van der Waals surface area contributed by atoms with Gasteiger partial charge in [-0.25, -0.2) is 4.98 Å². The van der Waals surface area contributed by atoms with Crippen molar-refractivity contribution >= 4 is 46.0 Å². The number of ether oxygens (including phenoxy) is 2. The van der Waals surface area contributed by atoms with Crippen LogP contribution in [0.1, 0.15) is 0 Å². The quantitative estimate of drug-likeness (QED) is 0.704. The van der Waals surface area contributed by atoms with Crippen LogP contribution in [0, 0.1) is 0 Å². The first-order chi connectivity index (χ1) is 12.1. The SMILES string of the molecule is Cn1c(SCC(=O)Nc2ccc3c(c2)OCO3)nc2cc(Cl)ccc21. The lowest BCUT2D eigenvalue weighted by atomic mass is 10.3. The zero-order valence-corrected chi connectivity index (χ0v) is 14.9. The molecule has 1 aromatic heterocycles. The minimum atomic E-state index is -0.117. The molecule has 0 aliphatic carbocycles. The first-order valence-electron chi connectivity index (χ1n) is 7.54. The van der Waals surface area contributed by atoms with Gasteiger partial charge in [0.25, 0.3) is 0 Å². The van der Waals surface area contributed by atoms with Crippen molar-refractivity contribution in [1.29, 1.82) is 0 Å². The third-order valence-corrected chi connectivity index (χ3v) is 5.06. The molecule has 0 saturated heterocycles. The lowest BCUT2D eigenvalue weighted by Gasteiger charge is -2.06. The van der Waals surface area contributed by atoms with E-state index in [1.54, 1.807) is 18.2 Å². The average molecular weight is 376 g/mol. The van der Waals surface area contributed by atoms with Gasteiger partial charge in [-0.05, 0) is 30.3 Å². The summed E-state index contributed by atoms with van der Waals surface area (Å²) in [5, 5.41) is 4.25. The molecule has 3 aromatic rings. The molecular weight excluding hydrogens is 362 g/mol. The molecule has 0 bridgehead atoms. The van der Waals surface area contributed by atoms with E-state index in [2.05, 4.69) is 10.3 Å². The largest absolute Gasteiger partial charge is 0.454 e. The molecule has 1 N–H and O–H groups in total. The van der Waals surface area contributed by atoms with Crippen LogP contribution in [0.4, 0.5) is 5.69 Å². The first kappa shape index (κ1) is 16.1. The van der Waals surface area contributed by atoms with E-state index in [1.165, 1.54) is 11.8 Å². The molecule has 1 aliphatic heterocycles. The molecule has 4 rings (SSSR count). The van der Waals surface area contributed by atoms with Gasteiger partial charge in [0.05, 0.1) is 16.8 Å². The second-order valence-electron chi connectivity index (χ2n) is 5.49. The predicted octanol–water partition coefficient (Wildman–Crippen LogP) is 3.69. The highest BCUT2D eigenvalue weighted by atomic mass is 35.5. The van der Waals surface area contributed by atoms with Gasteiger partial charge < -0.3 is 19.4 Å². The summed E-state index contributed by atoms with van der Waals surface area (Å²) in [6.45, 7) is 0.208. The minimum Gasteiger partial charge on any atom is -0.454 e. The highest BCUT2D eigenvalue weighted by Crippen LogP contribution is 2.34. The Hall–Kier alpha value is -2.38. The third-order valence-electron chi connectivity index (χ3n) is 3.79. The lowest BCUT2D eigenvalue weighted by Crippen LogP contribution is -2.14. The number of hydrogen-bond donors (Lipinski definition) is 1. The number of halogens is 1. The van der Waals surface area contributed by atoms with Crippen LogP contribution < -0.4 is 14.8 Å². The molecule has 2 heterocycles. The molecule has 0 spiro atoms. The Morgan fingerprint density at radius 2 is 2.12 bits per heavy atom. The standard InChI is InChI=1S/C17H14ClN3O3S/c1-21-13-4-2-10(18)6-12(13)20-17(21)25-8-16(22)19-11-3-5-14-15(7-11)24-9-23-14/h2-7H,8-9H2,1H3,(H,19,22). The average Bonchev–Trinajstić information content (AvgIpc) is 3.17. The molecular formula is C17H14ClN3O3S. The van der Waals surface area contributed by atoms with Crippen molar-refractivity contribution in [1.82, 2.24) is 9.55 Å². The molecule has 0 atom stereocenters. The number of imidazole rings is 1. The molecule has 1 aliphatic rings. The number of rotatable bonds is 4. The number of nitrogens with one attached hydrogen (secondary N) is 1. The summed E-state index contributed by atoms with van der Waals surface area (Å²) in [6.07, 6.45) is 0. The summed E-state index contributed by atoms with van der Waals surface area (Å²) >= 11 is 7.37. The maximum atomic E-state index is 12.2. The van der Waals surface area contributed by atoms with Gasteiger partial charge in [0, 0.05) is 23.8 Å². The molecule has 0 unspecified atom stereocenters. The Morgan fingerprint density at radius 3 is 3.00 bits per heavy atom. The maximum absolute atomic E-state index is 12.2. The van der Waals surface area contributed by atoms with Crippen LogP contribution in [0.5, 0.6) is 11.5 Å². The van der Waals surface area contributed by atoms with Crippen LogP contribution in [0.15, 0.2) is 41.6 Å². The lowest BCUT2D eigenvalue weighted by molar-refractivity contribution is -0.113. The van der Waals surface area contributed by atoms with E-state index in [4.69, 9.17) is 21.1 Å². The topological polar surface area (TPSA) is 65.4 Å². The van der Waals surface area contributed by atoms with Crippen molar-refractivity contribution in [2.45, 2.75) is 5.16 Å². The number of carbonyl (C=O) groups excluding carboxylic acids is 1. The fourth-order valence-electron chi connectivity index (χ4n) is 2.58. The van der Waals surface area contributed by atoms with E-state index in [0.29, 0.717) is 22.2 Å². The van der Waals surface area contributed by atoms with Crippen LogP contribution in [0.2, 0.25) is 5.02 Å². The van der Waals surface area contributed by atoms with E-state index in [-0.39, 0.29) is 18.5 Å². The maximum Gasteiger partial charge on any atom is 0.234 e. The Kier molecular flexibility index (Phi) is 4.19. The van der Waals surface area contributed by atoms with Crippen LogP contribution >= 0.6 is 23.4 Å². The van der Waals surface area contributed by atoms with Crippen LogP contribution in [-0.2, 0) is 11.8 Å². The second-order valence-corrected chi connectivity index (χ2v) is 6.87. The second kappa shape index (κ2) is 6.50. The van der Waals surface area contributed by atoms with Gasteiger partial charge in [0.15, 0.2) is 16.7 Å². The Bertz CT molecular complexity index is 973. The van der Waals surface area contributed by atoms with E-state index in [9.17, 15) is 4.79 Å². The number of benzene rings is 2. The number of aryl methyl sites for hydroxylation is 1. The van der Waals surface area contributed by atoms with E-state index >= 15 is 0 Å². The van der Waals surface area contributed by atoms with Crippen LogP contribution in [0.25, 0.3) is 11.0 Å². The summed E-state index contributed by atoms with van der Waals surface area (Å²) in [4.78, 5) is 16.7. The Morgan fingerprint density at radius 1 is 1.28 bits per heavy atom. The van der Waals surface area contributed by atoms with Gasteiger partial charge in [-0.15, -0.1) is 0 Å². The van der Waals surface area contributed by atoms with Gasteiger partial charge in [0.2, 0.25) is 12.7 Å². The predicted molar refractivity (Wildman–Crippen MR) is 97.6 cm³/mol. The minimum absolute atomic E-state index is 0.117. The first-order valence-corrected chi connectivity index (χ1v) is 8.91. The Labute approximate surface area is 153 Å². The molecule has 2 aromatic carbocycles. The zero-order valence-electron chi connectivity index (χ0n) is 13.3. The molecule has 25 heavy (non-hydrogen) atoms. The van der Waals surface area contributed by atoms with Crippen molar-refractivity contribution in [2.75, 3.05) is 17.9 Å². The molecule has 0 fully saturated rings. The normalized spacial score (nSPS) is 12.6.